The highest BCUT2D eigenvalue weighted by Crippen LogP contribution is 2.15. The molecule has 3 nitrogen and oxygen atoms in total. The number of hydrogen-bond acceptors (Lipinski definition) is 2. The number of benzene rings is 1. The molecule has 1 aromatic carbocycles. The molecule has 1 radical (unpaired) electrons. The average Bonchev–Trinajstić information content (AvgIpc) is 2.06. The molecule has 2 N–H and O–H groups in total. The number of hydrogen-bond donors (Lipinski definition) is 2. The van der Waals surface area contributed by atoms with Crippen LogP contribution in [-0.2, 0) is 4.79 Å². The smallest absolute Gasteiger partial charge is 0.207 e. The third-order valence-electron chi connectivity index (χ3n) is 1.56. The molecule has 1 aromatic rings. The highest BCUT2D eigenvalue weighted by Gasteiger charge is 2.01. The van der Waals surface area contributed by atoms with Crippen LogP contribution < -0.4 is 5.32 Å². The van der Waals surface area contributed by atoms with Gasteiger partial charge >= 0.3 is 0 Å². The van der Waals surface area contributed by atoms with Gasteiger partial charge in [0.1, 0.15) is 5.75 Å². The van der Waals surface area contributed by atoms with E-state index in [0.29, 0.717) is 6.41 Å². The second-order valence-corrected chi connectivity index (χ2v) is 2.43. The molecule has 1 atom stereocenters. The van der Waals surface area contributed by atoms with E-state index in [-0.39, 0.29) is 11.8 Å². The van der Waals surface area contributed by atoms with Crippen molar-refractivity contribution in [2.75, 3.05) is 0 Å². The number of carbonyl (C=O) groups is 1. The molecule has 12 heavy (non-hydrogen) atoms. The Kier molecular flexibility index (Phi) is 2.69. The van der Waals surface area contributed by atoms with Gasteiger partial charge in [0.15, 0.2) is 0 Å². The van der Waals surface area contributed by atoms with E-state index in [1.54, 1.807) is 24.3 Å². The Hall–Kier alpha value is -1.51. The first-order chi connectivity index (χ1) is 5.74. The molecule has 1 unspecified atom stereocenters. The summed E-state index contributed by atoms with van der Waals surface area (Å²) in [6.07, 6.45) is 0.602. The molecular weight excluding hydrogens is 154 g/mol. The molecule has 1 rings (SSSR count). The quantitative estimate of drug-likeness (QED) is 0.655. The largest absolute Gasteiger partial charge is 0.508 e. The number of phenolic OH excluding ortho intramolecular Hbond substituents is 1. The summed E-state index contributed by atoms with van der Waals surface area (Å²) in [5.41, 5.74) is 0.861. The molecule has 0 spiro atoms. The molecular formula is C9H10NO2. The highest BCUT2D eigenvalue weighted by atomic mass is 16.3. The first kappa shape index (κ1) is 8.59. The zero-order valence-corrected chi connectivity index (χ0v) is 6.53. The fourth-order valence-electron chi connectivity index (χ4n) is 0.885. The predicted molar refractivity (Wildman–Crippen MR) is 45.4 cm³/mol. The normalized spacial score (nSPS) is 12.1. The lowest BCUT2D eigenvalue weighted by atomic mass is 10.1. The Morgan fingerprint density at radius 3 is 2.50 bits per heavy atom. The van der Waals surface area contributed by atoms with Crippen molar-refractivity contribution in [1.82, 2.24) is 5.32 Å². The van der Waals surface area contributed by atoms with E-state index in [1.807, 2.05) is 0 Å². The van der Waals surface area contributed by atoms with Crippen molar-refractivity contribution in [3.05, 3.63) is 36.8 Å². The van der Waals surface area contributed by atoms with E-state index in [2.05, 4.69) is 12.2 Å². The van der Waals surface area contributed by atoms with E-state index < -0.39 is 0 Å². The van der Waals surface area contributed by atoms with Crippen molar-refractivity contribution in [3.8, 4) is 5.75 Å². The van der Waals surface area contributed by atoms with Gasteiger partial charge in [-0.2, -0.15) is 0 Å². The lowest BCUT2D eigenvalue weighted by Crippen LogP contribution is -2.15. The summed E-state index contributed by atoms with van der Waals surface area (Å²) >= 11 is 0. The van der Waals surface area contributed by atoms with Gasteiger partial charge in [-0.05, 0) is 24.6 Å². The van der Waals surface area contributed by atoms with Crippen molar-refractivity contribution in [2.45, 2.75) is 6.04 Å². The van der Waals surface area contributed by atoms with Crippen LogP contribution in [0.25, 0.3) is 0 Å². The van der Waals surface area contributed by atoms with Gasteiger partial charge in [0.2, 0.25) is 6.41 Å². The maximum Gasteiger partial charge on any atom is 0.207 e. The lowest BCUT2D eigenvalue weighted by Gasteiger charge is -2.09. The summed E-state index contributed by atoms with van der Waals surface area (Å²) in [5.74, 6) is 0.206. The van der Waals surface area contributed by atoms with Gasteiger partial charge in [-0.3, -0.25) is 4.79 Å². The van der Waals surface area contributed by atoms with Gasteiger partial charge in [-0.25, -0.2) is 0 Å². The van der Waals surface area contributed by atoms with Crippen molar-refractivity contribution in [3.63, 3.8) is 0 Å². The summed E-state index contributed by atoms with van der Waals surface area (Å²) in [6.45, 7) is 3.70. The molecule has 0 aliphatic heterocycles. The van der Waals surface area contributed by atoms with Crippen LogP contribution in [0.5, 0.6) is 5.75 Å². The number of nitrogens with one attached hydrogen (secondary N) is 1. The highest BCUT2D eigenvalue weighted by molar-refractivity contribution is 5.48. The zero-order chi connectivity index (χ0) is 8.97. The van der Waals surface area contributed by atoms with Gasteiger partial charge in [0.25, 0.3) is 0 Å². The average molecular weight is 164 g/mol. The van der Waals surface area contributed by atoms with Crippen molar-refractivity contribution >= 4 is 6.41 Å². The minimum atomic E-state index is -0.261. The Bertz CT molecular complexity index is 256. The molecule has 0 aromatic heterocycles. The van der Waals surface area contributed by atoms with Gasteiger partial charge < -0.3 is 10.4 Å². The van der Waals surface area contributed by atoms with E-state index in [1.165, 1.54) is 0 Å². The molecule has 0 saturated heterocycles. The summed E-state index contributed by atoms with van der Waals surface area (Å²) < 4.78 is 0. The molecule has 0 bridgehead atoms. The minimum Gasteiger partial charge on any atom is -0.508 e. The van der Waals surface area contributed by atoms with E-state index >= 15 is 0 Å². The molecule has 0 aliphatic carbocycles. The van der Waals surface area contributed by atoms with Crippen molar-refractivity contribution in [2.24, 2.45) is 0 Å². The topological polar surface area (TPSA) is 49.3 Å². The monoisotopic (exact) mass is 164 g/mol. The molecule has 0 aliphatic rings. The first-order valence-electron chi connectivity index (χ1n) is 3.55. The van der Waals surface area contributed by atoms with Crippen LogP contribution in [-0.4, -0.2) is 11.5 Å². The number of rotatable bonds is 3. The second-order valence-electron chi connectivity index (χ2n) is 2.43. The van der Waals surface area contributed by atoms with Gasteiger partial charge in [-0.15, -0.1) is 0 Å². The van der Waals surface area contributed by atoms with Crippen LogP contribution in [0.4, 0.5) is 0 Å². The minimum absolute atomic E-state index is 0.206. The number of carbonyl (C=O) groups excluding carboxylic acids is 1. The maximum atomic E-state index is 10.1. The summed E-state index contributed by atoms with van der Waals surface area (Å²) in [4.78, 5) is 10.1. The maximum absolute atomic E-state index is 10.1. The fraction of sp³-hybridized carbons (Fsp3) is 0.111. The number of aromatic hydroxyl groups is 1. The summed E-state index contributed by atoms with van der Waals surface area (Å²) in [6, 6.07) is 6.27. The zero-order valence-electron chi connectivity index (χ0n) is 6.53. The molecule has 1 amide bonds. The Balaban J connectivity index is 2.74. The second kappa shape index (κ2) is 3.76. The van der Waals surface area contributed by atoms with E-state index in [0.717, 1.165) is 5.56 Å². The molecule has 0 fully saturated rings. The van der Waals surface area contributed by atoms with Crippen LogP contribution >= 0.6 is 0 Å². The third-order valence-corrected chi connectivity index (χ3v) is 1.56. The Morgan fingerprint density at radius 2 is 2.00 bits per heavy atom. The molecule has 3 heteroatoms. The number of amides is 1. The lowest BCUT2D eigenvalue weighted by molar-refractivity contribution is -0.109. The Labute approximate surface area is 71.0 Å². The van der Waals surface area contributed by atoms with Gasteiger partial charge in [0, 0.05) is 0 Å². The summed E-state index contributed by atoms with van der Waals surface area (Å²) in [5, 5.41) is 11.5. The summed E-state index contributed by atoms with van der Waals surface area (Å²) in [7, 11) is 0. The predicted octanol–water partition coefficient (Wildman–Crippen LogP) is 1.01. The van der Waals surface area contributed by atoms with Gasteiger partial charge in [-0.1, -0.05) is 12.1 Å². The standard InChI is InChI=1S/C9H10NO2/c1-7(10-6-11)8-2-4-9(12)5-3-8/h2-7,12H,1H2,(H,10,11). The fourth-order valence-corrected chi connectivity index (χ4v) is 0.885. The van der Waals surface area contributed by atoms with Crippen molar-refractivity contribution < 1.29 is 9.90 Å². The van der Waals surface area contributed by atoms with E-state index in [9.17, 15) is 4.79 Å². The van der Waals surface area contributed by atoms with E-state index in [4.69, 9.17) is 5.11 Å². The van der Waals surface area contributed by atoms with Crippen LogP contribution in [0.3, 0.4) is 0 Å². The van der Waals surface area contributed by atoms with Gasteiger partial charge in [0.05, 0.1) is 6.04 Å². The molecule has 63 valence electrons. The Morgan fingerprint density at radius 1 is 1.42 bits per heavy atom. The van der Waals surface area contributed by atoms with Crippen LogP contribution in [0.2, 0.25) is 0 Å². The van der Waals surface area contributed by atoms with Crippen LogP contribution in [0.15, 0.2) is 24.3 Å². The molecule has 0 heterocycles. The first-order valence-corrected chi connectivity index (χ1v) is 3.55. The van der Waals surface area contributed by atoms with Crippen molar-refractivity contribution in [1.29, 1.82) is 0 Å². The third kappa shape index (κ3) is 1.99. The number of phenols is 1. The SMILES string of the molecule is [CH2]C(NC=O)c1ccc(O)cc1. The van der Waals surface area contributed by atoms with Crippen LogP contribution in [0, 0.1) is 6.92 Å². The van der Waals surface area contributed by atoms with Crippen LogP contribution in [0.1, 0.15) is 11.6 Å². The molecule has 0 saturated carbocycles.